The molecule has 1 aromatic carbocycles. The van der Waals surface area contributed by atoms with Crippen LogP contribution in [-0.2, 0) is 4.79 Å². The molecule has 1 atom stereocenters. The fraction of sp³-hybridized carbons (Fsp3) is 0.500. The van der Waals surface area contributed by atoms with Crippen molar-refractivity contribution >= 4 is 29.3 Å². The highest BCUT2D eigenvalue weighted by Crippen LogP contribution is 2.25. The Hall–Kier alpha value is -0.670. The van der Waals surface area contributed by atoms with E-state index >= 15 is 0 Å². The number of rotatable bonds is 6. The van der Waals surface area contributed by atoms with Crippen molar-refractivity contribution in [1.82, 2.24) is 4.90 Å². The van der Waals surface area contributed by atoms with E-state index in [-0.39, 0.29) is 11.2 Å². The van der Waals surface area contributed by atoms with Crippen LogP contribution >= 0.6 is 23.4 Å². The lowest BCUT2D eigenvalue weighted by Crippen LogP contribution is -2.33. The van der Waals surface area contributed by atoms with Crippen molar-refractivity contribution in [2.45, 2.75) is 36.8 Å². The third kappa shape index (κ3) is 4.91. The summed E-state index contributed by atoms with van der Waals surface area (Å²) in [7, 11) is 1.87. The quantitative estimate of drug-likeness (QED) is 0.734. The van der Waals surface area contributed by atoms with E-state index in [0.29, 0.717) is 0 Å². The van der Waals surface area contributed by atoms with E-state index in [0.717, 1.165) is 29.3 Å². The van der Waals surface area contributed by atoms with Crippen LogP contribution < -0.4 is 0 Å². The molecule has 4 heteroatoms. The maximum atomic E-state index is 12.1. The second-order valence-electron chi connectivity index (χ2n) is 4.33. The molecule has 0 fully saturated rings. The molecule has 0 N–H and O–H groups in total. The average Bonchev–Trinajstić information content (AvgIpc) is 2.37. The highest BCUT2D eigenvalue weighted by molar-refractivity contribution is 8.00. The number of benzene rings is 1. The highest BCUT2D eigenvalue weighted by Gasteiger charge is 2.18. The van der Waals surface area contributed by atoms with Crippen molar-refractivity contribution in [2.75, 3.05) is 13.6 Å². The van der Waals surface area contributed by atoms with Crippen molar-refractivity contribution in [3.63, 3.8) is 0 Å². The van der Waals surface area contributed by atoms with Gasteiger partial charge in [-0.1, -0.05) is 24.9 Å². The number of amides is 1. The van der Waals surface area contributed by atoms with Crippen LogP contribution in [0.4, 0.5) is 0 Å². The summed E-state index contributed by atoms with van der Waals surface area (Å²) in [6.45, 7) is 4.91. The van der Waals surface area contributed by atoms with E-state index in [4.69, 9.17) is 11.6 Å². The number of carbonyl (C=O) groups is 1. The molecule has 0 saturated carbocycles. The van der Waals surface area contributed by atoms with Crippen LogP contribution in [0.3, 0.4) is 0 Å². The number of hydrogen-bond acceptors (Lipinski definition) is 2. The molecule has 100 valence electrons. The zero-order chi connectivity index (χ0) is 13.5. The van der Waals surface area contributed by atoms with Gasteiger partial charge in [0.05, 0.1) is 5.25 Å². The van der Waals surface area contributed by atoms with Crippen molar-refractivity contribution < 1.29 is 4.79 Å². The molecule has 0 aliphatic heterocycles. The van der Waals surface area contributed by atoms with Crippen LogP contribution in [0, 0.1) is 0 Å². The summed E-state index contributed by atoms with van der Waals surface area (Å²) >= 11 is 7.41. The molecule has 1 unspecified atom stereocenters. The Balaban J connectivity index is 2.51. The van der Waals surface area contributed by atoms with Crippen molar-refractivity contribution in [3.8, 4) is 0 Å². The van der Waals surface area contributed by atoms with Gasteiger partial charge >= 0.3 is 0 Å². The third-order valence-corrected chi connectivity index (χ3v) is 4.05. The fourth-order valence-corrected chi connectivity index (χ4v) is 2.69. The lowest BCUT2D eigenvalue weighted by atomic mass is 10.3. The molecular weight excluding hydrogens is 266 g/mol. The first-order valence-electron chi connectivity index (χ1n) is 6.21. The van der Waals surface area contributed by atoms with Gasteiger partial charge in [-0.3, -0.25) is 4.79 Å². The standard InChI is InChI=1S/C14H20ClNOS/c1-4-5-10-16(3)14(17)11(2)18-13-8-6-12(15)7-9-13/h6-9,11H,4-5,10H2,1-3H3. The van der Waals surface area contributed by atoms with Crippen LogP contribution in [0.25, 0.3) is 0 Å². The summed E-state index contributed by atoms with van der Waals surface area (Å²) in [5, 5.41) is 0.659. The summed E-state index contributed by atoms with van der Waals surface area (Å²) in [5.41, 5.74) is 0. The summed E-state index contributed by atoms with van der Waals surface area (Å²) in [4.78, 5) is 15.0. The number of halogens is 1. The molecule has 1 rings (SSSR count). The summed E-state index contributed by atoms with van der Waals surface area (Å²) in [6.07, 6.45) is 2.16. The Morgan fingerprint density at radius 2 is 2.00 bits per heavy atom. The van der Waals surface area contributed by atoms with Crippen LogP contribution in [0.15, 0.2) is 29.2 Å². The first kappa shape index (κ1) is 15.4. The molecular formula is C14H20ClNOS. The van der Waals surface area contributed by atoms with Gasteiger partial charge in [-0.15, -0.1) is 11.8 Å². The summed E-state index contributed by atoms with van der Waals surface area (Å²) < 4.78 is 0. The second kappa shape index (κ2) is 7.70. The molecule has 1 aromatic rings. The van der Waals surface area contributed by atoms with Crippen molar-refractivity contribution in [2.24, 2.45) is 0 Å². The Labute approximate surface area is 119 Å². The van der Waals surface area contributed by atoms with Gasteiger partial charge in [0.2, 0.25) is 5.91 Å². The minimum atomic E-state index is -0.0620. The number of nitrogens with zero attached hydrogens (tertiary/aromatic N) is 1. The van der Waals surface area contributed by atoms with Gasteiger partial charge in [0.25, 0.3) is 0 Å². The number of hydrogen-bond donors (Lipinski definition) is 0. The van der Waals surface area contributed by atoms with Gasteiger partial charge in [-0.05, 0) is 37.6 Å². The number of carbonyl (C=O) groups excluding carboxylic acids is 1. The van der Waals surface area contributed by atoms with Crippen LogP contribution in [-0.4, -0.2) is 29.6 Å². The first-order valence-corrected chi connectivity index (χ1v) is 7.47. The lowest BCUT2D eigenvalue weighted by Gasteiger charge is -2.20. The van der Waals surface area contributed by atoms with Crippen LogP contribution in [0.5, 0.6) is 0 Å². The SMILES string of the molecule is CCCCN(C)C(=O)C(C)Sc1ccc(Cl)cc1. The topological polar surface area (TPSA) is 20.3 Å². The van der Waals surface area contributed by atoms with E-state index in [2.05, 4.69) is 6.92 Å². The van der Waals surface area contributed by atoms with Crippen molar-refractivity contribution in [3.05, 3.63) is 29.3 Å². The van der Waals surface area contributed by atoms with E-state index in [1.165, 1.54) is 0 Å². The van der Waals surface area contributed by atoms with Crippen LogP contribution in [0.2, 0.25) is 5.02 Å². The average molecular weight is 286 g/mol. The van der Waals surface area contributed by atoms with Gasteiger partial charge in [-0.25, -0.2) is 0 Å². The van der Waals surface area contributed by atoms with Crippen molar-refractivity contribution in [1.29, 1.82) is 0 Å². The Morgan fingerprint density at radius 1 is 1.39 bits per heavy atom. The van der Waals surface area contributed by atoms with Gasteiger partial charge in [0.1, 0.15) is 0 Å². The van der Waals surface area contributed by atoms with Gasteiger partial charge in [0.15, 0.2) is 0 Å². The van der Waals surface area contributed by atoms with E-state index in [1.54, 1.807) is 11.8 Å². The minimum absolute atomic E-state index is 0.0620. The maximum Gasteiger partial charge on any atom is 0.235 e. The Kier molecular flexibility index (Phi) is 6.58. The molecule has 18 heavy (non-hydrogen) atoms. The second-order valence-corrected chi connectivity index (χ2v) is 6.18. The van der Waals surface area contributed by atoms with Gasteiger partial charge < -0.3 is 4.90 Å². The minimum Gasteiger partial charge on any atom is -0.345 e. The van der Waals surface area contributed by atoms with E-state index in [9.17, 15) is 4.79 Å². The normalized spacial score (nSPS) is 12.2. The molecule has 0 aliphatic carbocycles. The maximum absolute atomic E-state index is 12.1. The molecule has 0 aliphatic rings. The monoisotopic (exact) mass is 285 g/mol. The van der Waals surface area contributed by atoms with E-state index in [1.807, 2.05) is 43.1 Å². The predicted molar refractivity (Wildman–Crippen MR) is 79.3 cm³/mol. The molecule has 2 nitrogen and oxygen atoms in total. The summed E-state index contributed by atoms with van der Waals surface area (Å²) in [5.74, 6) is 0.184. The highest BCUT2D eigenvalue weighted by atomic mass is 35.5. The molecule has 0 radical (unpaired) electrons. The Bertz CT molecular complexity index is 380. The molecule has 0 bridgehead atoms. The Morgan fingerprint density at radius 3 is 2.56 bits per heavy atom. The number of thioether (sulfide) groups is 1. The summed E-state index contributed by atoms with van der Waals surface area (Å²) in [6, 6.07) is 7.59. The zero-order valence-electron chi connectivity index (χ0n) is 11.1. The van der Waals surface area contributed by atoms with Gasteiger partial charge in [0, 0.05) is 23.5 Å². The zero-order valence-corrected chi connectivity index (χ0v) is 12.7. The molecule has 0 heterocycles. The van der Waals surface area contributed by atoms with Crippen LogP contribution in [0.1, 0.15) is 26.7 Å². The van der Waals surface area contributed by atoms with E-state index < -0.39 is 0 Å². The smallest absolute Gasteiger partial charge is 0.235 e. The number of unbranched alkanes of at least 4 members (excludes halogenated alkanes) is 1. The lowest BCUT2D eigenvalue weighted by molar-refractivity contribution is -0.129. The molecule has 1 amide bonds. The molecule has 0 spiro atoms. The molecule has 0 saturated heterocycles. The fourth-order valence-electron chi connectivity index (χ4n) is 1.58. The first-order chi connectivity index (χ1) is 8.54. The molecule has 0 aromatic heterocycles. The third-order valence-electron chi connectivity index (χ3n) is 2.70. The van der Waals surface area contributed by atoms with Gasteiger partial charge in [-0.2, -0.15) is 0 Å². The predicted octanol–water partition coefficient (Wildman–Crippen LogP) is 4.08. The largest absolute Gasteiger partial charge is 0.345 e.